The minimum absolute atomic E-state index is 0.410. The third kappa shape index (κ3) is 2.68. The molecule has 0 aliphatic carbocycles. The van der Waals surface area contributed by atoms with Crippen LogP contribution in [0, 0.1) is 0 Å². The minimum Gasteiger partial charge on any atom is -0.480 e. The molecule has 3 nitrogen and oxygen atoms in total. The van der Waals surface area contributed by atoms with E-state index in [-0.39, 0.29) is 0 Å². The summed E-state index contributed by atoms with van der Waals surface area (Å²) >= 11 is 5.78. The second-order valence-electron chi connectivity index (χ2n) is 4.25. The Kier molecular flexibility index (Phi) is 3.50. The minimum atomic E-state index is -0.808. The smallest absolute Gasteiger partial charge is 0.321 e. The number of fused-ring (bicyclic) bond motifs is 1. The summed E-state index contributed by atoms with van der Waals surface area (Å²) in [7, 11) is 0. The van der Waals surface area contributed by atoms with Crippen LogP contribution >= 0.6 is 11.6 Å². The Morgan fingerprint density at radius 1 is 1.47 bits per heavy atom. The molecule has 1 aromatic rings. The number of nitrogens with zero attached hydrogens (tertiary/aromatic N) is 1. The van der Waals surface area contributed by atoms with Crippen molar-refractivity contribution in [2.75, 3.05) is 6.54 Å². The highest BCUT2D eigenvalue weighted by molar-refractivity contribution is 6.29. The molecule has 0 bridgehead atoms. The number of carboxylic acids is 1. The molecule has 0 fully saturated rings. The molecule has 1 aliphatic rings. The lowest BCUT2D eigenvalue weighted by molar-refractivity contribution is -0.143. The van der Waals surface area contributed by atoms with Gasteiger partial charge in [-0.15, -0.1) is 0 Å². The highest BCUT2D eigenvalue weighted by Gasteiger charge is 2.31. The van der Waals surface area contributed by atoms with Gasteiger partial charge in [-0.05, 0) is 17.5 Å². The number of halogens is 1. The van der Waals surface area contributed by atoms with Crippen molar-refractivity contribution in [1.82, 2.24) is 4.90 Å². The molecule has 2 rings (SSSR count). The predicted molar refractivity (Wildman–Crippen MR) is 67.0 cm³/mol. The summed E-state index contributed by atoms with van der Waals surface area (Å²) < 4.78 is 0. The molecular formula is C13H14ClNO2. The van der Waals surface area contributed by atoms with E-state index < -0.39 is 12.0 Å². The monoisotopic (exact) mass is 251 g/mol. The maximum atomic E-state index is 11.2. The Morgan fingerprint density at radius 3 is 2.71 bits per heavy atom. The lowest BCUT2D eigenvalue weighted by Gasteiger charge is -2.34. The zero-order chi connectivity index (χ0) is 12.4. The standard InChI is InChI=1S/C13H14ClNO2/c1-9(14)7-15-8-11-5-3-2-4-10(11)6-12(15)13(16)17/h2-5,12H,1,6-8H2,(H,16,17)/t12-/m0/s1. The van der Waals surface area contributed by atoms with Gasteiger partial charge >= 0.3 is 5.97 Å². The Bertz CT molecular complexity index is 458. The molecule has 0 spiro atoms. The summed E-state index contributed by atoms with van der Waals surface area (Å²) in [5, 5.41) is 9.70. The van der Waals surface area contributed by atoms with Crippen molar-refractivity contribution in [2.24, 2.45) is 0 Å². The highest BCUT2D eigenvalue weighted by Crippen LogP contribution is 2.24. The van der Waals surface area contributed by atoms with Crippen LogP contribution < -0.4 is 0 Å². The van der Waals surface area contributed by atoms with Crippen LogP contribution in [0.5, 0.6) is 0 Å². The van der Waals surface area contributed by atoms with E-state index in [2.05, 4.69) is 6.58 Å². The molecule has 4 heteroatoms. The number of carbonyl (C=O) groups is 1. The van der Waals surface area contributed by atoms with Gasteiger partial charge < -0.3 is 5.11 Å². The molecule has 1 heterocycles. The van der Waals surface area contributed by atoms with Crippen molar-refractivity contribution in [3.63, 3.8) is 0 Å². The molecule has 0 saturated heterocycles. The van der Waals surface area contributed by atoms with Gasteiger partial charge in [-0.1, -0.05) is 42.4 Å². The van der Waals surface area contributed by atoms with Crippen LogP contribution in [0.4, 0.5) is 0 Å². The maximum absolute atomic E-state index is 11.2. The van der Waals surface area contributed by atoms with Crippen molar-refractivity contribution in [2.45, 2.75) is 19.0 Å². The van der Waals surface area contributed by atoms with Gasteiger partial charge in [0.2, 0.25) is 0 Å². The first kappa shape index (κ1) is 12.1. The van der Waals surface area contributed by atoms with Crippen LogP contribution in [0.15, 0.2) is 35.9 Å². The van der Waals surface area contributed by atoms with E-state index in [0.717, 1.165) is 5.56 Å². The van der Waals surface area contributed by atoms with Crippen LogP contribution in [0.3, 0.4) is 0 Å². The number of hydrogen-bond acceptors (Lipinski definition) is 2. The summed E-state index contributed by atoms with van der Waals surface area (Å²) in [6.07, 6.45) is 0.523. The van der Waals surface area contributed by atoms with Gasteiger partial charge in [-0.2, -0.15) is 0 Å². The van der Waals surface area contributed by atoms with Crippen molar-refractivity contribution in [3.05, 3.63) is 47.0 Å². The number of carboxylic acid groups (broad SMARTS) is 1. The Hall–Kier alpha value is -1.32. The van der Waals surface area contributed by atoms with E-state index in [1.807, 2.05) is 29.2 Å². The van der Waals surface area contributed by atoms with Gasteiger partial charge in [0.1, 0.15) is 6.04 Å². The summed E-state index contributed by atoms with van der Waals surface area (Å²) in [6.45, 7) is 4.65. The summed E-state index contributed by atoms with van der Waals surface area (Å²) in [5.74, 6) is -0.808. The first-order valence-corrected chi connectivity index (χ1v) is 5.82. The fraction of sp³-hybridized carbons (Fsp3) is 0.308. The van der Waals surface area contributed by atoms with Gasteiger partial charge in [0.25, 0.3) is 0 Å². The van der Waals surface area contributed by atoms with Crippen molar-refractivity contribution in [3.8, 4) is 0 Å². The number of hydrogen-bond donors (Lipinski definition) is 1. The molecule has 90 valence electrons. The first-order chi connectivity index (χ1) is 8.08. The van der Waals surface area contributed by atoms with Crippen LogP contribution in [0.1, 0.15) is 11.1 Å². The zero-order valence-electron chi connectivity index (χ0n) is 9.40. The van der Waals surface area contributed by atoms with Crippen molar-refractivity contribution >= 4 is 17.6 Å². The van der Waals surface area contributed by atoms with E-state index in [1.54, 1.807) is 0 Å². The third-order valence-electron chi connectivity index (χ3n) is 3.01. The average molecular weight is 252 g/mol. The van der Waals surface area contributed by atoms with Gasteiger partial charge in [0.15, 0.2) is 0 Å². The lowest BCUT2D eigenvalue weighted by Crippen LogP contribution is -2.45. The molecule has 0 saturated carbocycles. The number of rotatable bonds is 3. The van der Waals surface area contributed by atoms with E-state index in [4.69, 9.17) is 11.6 Å². The first-order valence-electron chi connectivity index (χ1n) is 5.45. The topological polar surface area (TPSA) is 40.5 Å². The number of aliphatic carboxylic acids is 1. The molecule has 17 heavy (non-hydrogen) atoms. The lowest BCUT2D eigenvalue weighted by atomic mass is 9.94. The summed E-state index contributed by atoms with van der Waals surface area (Å²) in [6, 6.07) is 7.40. The van der Waals surface area contributed by atoms with Crippen LogP contribution in [0.25, 0.3) is 0 Å². The van der Waals surface area contributed by atoms with Gasteiger partial charge in [0.05, 0.1) is 0 Å². The molecule has 0 amide bonds. The molecule has 1 aromatic carbocycles. The van der Waals surface area contributed by atoms with Crippen molar-refractivity contribution < 1.29 is 9.90 Å². The molecule has 1 atom stereocenters. The Morgan fingerprint density at radius 2 is 2.12 bits per heavy atom. The molecular weight excluding hydrogens is 238 g/mol. The largest absolute Gasteiger partial charge is 0.480 e. The van der Waals surface area contributed by atoms with E-state index in [1.165, 1.54) is 5.56 Å². The van der Waals surface area contributed by atoms with Gasteiger partial charge in [-0.3, -0.25) is 9.69 Å². The SMILES string of the molecule is C=C(Cl)CN1Cc2ccccc2C[C@H]1C(=O)O. The fourth-order valence-corrected chi connectivity index (χ4v) is 2.36. The van der Waals surface area contributed by atoms with Crippen molar-refractivity contribution in [1.29, 1.82) is 0 Å². The summed E-state index contributed by atoms with van der Waals surface area (Å²) in [4.78, 5) is 13.1. The quantitative estimate of drug-likeness (QED) is 0.896. The van der Waals surface area contributed by atoms with Gasteiger partial charge in [0, 0.05) is 18.1 Å². The fourth-order valence-electron chi connectivity index (χ4n) is 2.21. The molecule has 0 radical (unpaired) electrons. The van der Waals surface area contributed by atoms with E-state index in [9.17, 15) is 9.90 Å². The third-order valence-corrected chi connectivity index (χ3v) is 3.13. The van der Waals surface area contributed by atoms with Crippen LogP contribution in [-0.4, -0.2) is 28.6 Å². The average Bonchev–Trinajstić information content (AvgIpc) is 2.27. The molecule has 1 N–H and O–H groups in total. The second kappa shape index (κ2) is 4.90. The van der Waals surface area contributed by atoms with E-state index in [0.29, 0.717) is 24.5 Å². The Labute approximate surface area is 105 Å². The molecule has 0 unspecified atom stereocenters. The van der Waals surface area contributed by atoms with E-state index >= 15 is 0 Å². The zero-order valence-corrected chi connectivity index (χ0v) is 10.2. The Balaban J connectivity index is 2.27. The predicted octanol–water partition coefficient (Wildman–Crippen LogP) is 2.25. The van der Waals surface area contributed by atoms with Gasteiger partial charge in [-0.25, -0.2) is 0 Å². The number of benzene rings is 1. The maximum Gasteiger partial charge on any atom is 0.321 e. The highest BCUT2D eigenvalue weighted by atomic mass is 35.5. The second-order valence-corrected chi connectivity index (χ2v) is 4.78. The molecule has 1 aliphatic heterocycles. The molecule has 0 aromatic heterocycles. The summed E-state index contributed by atoms with van der Waals surface area (Å²) in [5.41, 5.74) is 2.28. The van der Waals surface area contributed by atoms with Crippen LogP contribution in [0.2, 0.25) is 0 Å². The normalized spacial score (nSPS) is 19.7. The van der Waals surface area contributed by atoms with Crippen LogP contribution in [-0.2, 0) is 17.8 Å².